The van der Waals surface area contributed by atoms with E-state index in [9.17, 15) is 4.57 Å². The molecule has 0 aliphatic carbocycles. The maximum Gasteiger partial charge on any atom is 0.216 e. The smallest absolute Gasteiger partial charge is 0.216 e. The van der Waals surface area contributed by atoms with Crippen LogP contribution < -0.4 is 5.09 Å². The highest BCUT2D eigenvalue weighted by Gasteiger charge is 2.22. The zero-order valence-electron chi connectivity index (χ0n) is 19.1. The molecule has 1 heterocycles. The van der Waals surface area contributed by atoms with Gasteiger partial charge in [0.05, 0.1) is 26.8 Å². The molecule has 0 bridgehead atoms. The minimum Gasteiger partial charge on any atom is -0.338 e. The van der Waals surface area contributed by atoms with E-state index in [2.05, 4.69) is 10.1 Å². The summed E-state index contributed by atoms with van der Waals surface area (Å²) in [6.07, 6.45) is 0. The molecule has 178 valence electrons. The Bertz CT molecular complexity index is 1520. The molecule has 5 aromatic rings. The fourth-order valence-corrected chi connectivity index (χ4v) is 6.71. The molecule has 7 heteroatoms. The molecule has 0 radical (unpaired) electrons. The van der Waals surface area contributed by atoms with E-state index in [1.54, 1.807) is 11.6 Å². The maximum atomic E-state index is 14.4. The predicted octanol–water partition coefficient (Wildman–Crippen LogP) is 9.39. The van der Waals surface area contributed by atoms with Gasteiger partial charge in [-0.15, -0.1) is 0 Å². The summed E-state index contributed by atoms with van der Waals surface area (Å²) >= 11 is 13.3. The van der Waals surface area contributed by atoms with Crippen LogP contribution in [0.2, 0.25) is 0 Å². The lowest BCUT2D eigenvalue weighted by molar-refractivity contribution is 0.589. The van der Waals surface area contributed by atoms with Crippen LogP contribution in [0, 0.1) is 0 Å². The first-order chi connectivity index (χ1) is 17.5. The van der Waals surface area contributed by atoms with E-state index in [0.717, 1.165) is 27.7 Å². The van der Waals surface area contributed by atoms with Crippen LogP contribution in [0.4, 0.5) is 5.69 Å². The maximum absolute atomic E-state index is 14.4. The van der Waals surface area contributed by atoms with Gasteiger partial charge in [-0.1, -0.05) is 108 Å². The number of imidazole rings is 1. The fraction of sp³-hybridized carbons (Fsp3) is 0. The number of nitrogens with zero attached hydrogens (tertiary/aromatic N) is 1. The van der Waals surface area contributed by atoms with Gasteiger partial charge >= 0.3 is 0 Å². The van der Waals surface area contributed by atoms with E-state index in [1.165, 1.54) is 0 Å². The highest BCUT2D eigenvalue weighted by molar-refractivity contribution is 7.72. The molecule has 0 saturated heterocycles. The van der Waals surface area contributed by atoms with Crippen molar-refractivity contribution in [1.82, 2.24) is 9.97 Å². The largest absolute Gasteiger partial charge is 0.338 e. The lowest BCUT2D eigenvalue weighted by atomic mass is 10.2. The summed E-state index contributed by atoms with van der Waals surface area (Å²) in [6, 6.07) is 34.2. The molecule has 4 nitrogen and oxygen atoms in total. The first-order valence-electron chi connectivity index (χ1n) is 11.3. The number of fused-ring (bicyclic) bond motifs is 1. The Balaban J connectivity index is 1.60. The van der Waals surface area contributed by atoms with Gasteiger partial charge in [0.2, 0.25) is 7.29 Å². The van der Waals surface area contributed by atoms with Crippen molar-refractivity contribution >= 4 is 57.3 Å². The lowest BCUT2D eigenvalue weighted by Crippen LogP contribution is -1.97. The zero-order chi connectivity index (χ0) is 25.0. The molecular formula is C29H22Cl2N3OP. The number of hydrogen-bond donors (Lipinski definition) is 2. The second-order valence-corrected chi connectivity index (χ2v) is 11.1. The molecule has 4 aromatic carbocycles. The lowest BCUT2D eigenvalue weighted by Gasteiger charge is -2.18. The number of halogens is 2. The van der Waals surface area contributed by atoms with E-state index in [4.69, 9.17) is 28.2 Å². The molecule has 36 heavy (non-hydrogen) atoms. The van der Waals surface area contributed by atoms with Crippen molar-refractivity contribution < 1.29 is 4.57 Å². The Morgan fingerprint density at radius 3 is 1.86 bits per heavy atom. The number of aromatic amines is 1. The molecule has 2 N–H and O–H groups in total. The minimum atomic E-state index is -3.45. The summed E-state index contributed by atoms with van der Waals surface area (Å²) in [7, 11) is -3.45. The molecular weight excluding hydrogens is 508 g/mol. The SMILES string of the molecule is O=P(/C=C(\Cl)c1ccccc1)(/C=C(/Cl)c1ccccc1)Nc1ccccc1-c1nc2ccccc2[nH]1. The van der Waals surface area contributed by atoms with Crippen LogP contribution in [0.1, 0.15) is 11.1 Å². The highest BCUT2D eigenvalue weighted by atomic mass is 35.5. The van der Waals surface area contributed by atoms with Gasteiger partial charge in [-0.3, -0.25) is 4.57 Å². The highest BCUT2D eigenvalue weighted by Crippen LogP contribution is 2.54. The topological polar surface area (TPSA) is 57.8 Å². The molecule has 1 aromatic heterocycles. The minimum absolute atomic E-state index is 0.362. The van der Waals surface area contributed by atoms with Crippen molar-refractivity contribution in [2.24, 2.45) is 0 Å². The first kappa shape index (κ1) is 24.1. The van der Waals surface area contributed by atoms with Gasteiger partial charge in [0.1, 0.15) is 5.82 Å². The monoisotopic (exact) mass is 529 g/mol. The molecule has 0 fully saturated rings. The van der Waals surface area contributed by atoms with Crippen molar-refractivity contribution in [2.45, 2.75) is 0 Å². The molecule has 0 amide bonds. The van der Waals surface area contributed by atoms with Crippen LogP contribution in [0.5, 0.6) is 0 Å². The van der Waals surface area contributed by atoms with Crippen LogP contribution >= 0.6 is 30.5 Å². The molecule has 1 unspecified atom stereocenters. The Labute approximate surface area is 219 Å². The third kappa shape index (κ3) is 5.47. The van der Waals surface area contributed by atoms with Crippen molar-refractivity contribution in [1.29, 1.82) is 0 Å². The Kier molecular flexibility index (Phi) is 7.11. The van der Waals surface area contributed by atoms with Crippen molar-refractivity contribution in [2.75, 3.05) is 5.09 Å². The average molecular weight is 530 g/mol. The molecule has 0 aliphatic rings. The van der Waals surface area contributed by atoms with Gasteiger partial charge in [0.25, 0.3) is 0 Å². The Morgan fingerprint density at radius 1 is 0.722 bits per heavy atom. The van der Waals surface area contributed by atoms with Gasteiger partial charge in [-0.2, -0.15) is 0 Å². The second kappa shape index (κ2) is 10.6. The van der Waals surface area contributed by atoms with E-state index in [1.807, 2.05) is 109 Å². The number of benzene rings is 4. The summed E-state index contributed by atoms with van der Waals surface area (Å²) in [4.78, 5) is 8.07. The average Bonchev–Trinajstić information content (AvgIpc) is 3.34. The fourth-order valence-electron chi connectivity index (χ4n) is 3.84. The number of anilines is 1. The van der Waals surface area contributed by atoms with Gasteiger partial charge in [-0.05, 0) is 35.4 Å². The van der Waals surface area contributed by atoms with Crippen LogP contribution in [0.15, 0.2) is 121 Å². The van der Waals surface area contributed by atoms with E-state index in [-0.39, 0.29) is 0 Å². The van der Waals surface area contributed by atoms with Crippen molar-refractivity contribution in [3.63, 3.8) is 0 Å². The summed E-state index contributed by atoms with van der Waals surface area (Å²) in [5.74, 6) is 3.76. The van der Waals surface area contributed by atoms with Crippen molar-refractivity contribution in [3.05, 3.63) is 132 Å². The second-order valence-electron chi connectivity index (χ2n) is 8.16. The van der Waals surface area contributed by atoms with Gasteiger partial charge in [0.15, 0.2) is 0 Å². The van der Waals surface area contributed by atoms with Gasteiger partial charge in [0, 0.05) is 17.2 Å². The molecule has 1 atom stereocenters. The van der Waals surface area contributed by atoms with Crippen LogP contribution in [0.25, 0.3) is 32.5 Å². The summed E-state index contributed by atoms with van der Waals surface area (Å²) in [5, 5.41) is 3.97. The van der Waals surface area contributed by atoms with Crippen molar-refractivity contribution in [3.8, 4) is 11.4 Å². The number of rotatable bonds is 7. The molecule has 0 spiro atoms. The van der Waals surface area contributed by atoms with E-state index in [0.29, 0.717) is 21.6 Å². The molecule has 5 rings (SSSR count). The predicted molar refractivity (Wildman–Crippen MR) is 153 cm³/mol. The van der Waals surface area contributed by atoms with Gasteiger partial charge < -0.3 is 10.1 Å². The number of H-pyrrole nitrogens is 1. The van der Waals surface area contributed by atoms with Crippen LogP contribution in [-0.4, -0.2) is 9.97 Å². The van der Waals surface area contributed by atoms with E-state index < -0.39 is 7.29 Å². The number of hydrogen-bond acceptors (Lipinski definition) is 2. The van der Waals surface area contributed by atoms with Crippen LogP contribution in [0.3, 0.4) is 0 Å². The third-order valence-corrected chi connectivity index (χ3v) is 8.41. The summed E-state index contributed by atoms with van der Waals surface area (Å²) < 4.78 is 14.4. The van der Waals surface area contributed by atoms with Crippen LogP contribution in [-0.2, 0) is 4.57 Å². The third-order valence-electron chi connectivity index (χ3n) is 5.58. The number of nitrogens with one attached hydrogen (secondary N) is 2. The Hall–Kier alpha value is -3.56. The molecule has 0 saturated carbocycles. The zero-order valence-corrected chi connectivity index (χ0v) is 21.5. The quantitative estimate of drug-likeness (QED) is 0.206. The summed E-state index contributed by atoms with van der Waals surface area (Å²) in [5.41, 5.74) is 4.71. The number of aromatic nitrogens is 2. The number of para-hydroxylation sites is 3. The van der Waals surface area contributed by atoms with E-state index >= 15 is 0 Å². The Morgan fingerprint density at radius 2 is 1.25 bits per heavy atom. The first-order valence-corrected chi connectivity index (χ1v) is 13.9. The summed E-state index contributed by atoms with van der Waals surface area (Å²) in [6.45, 7) is 0. The van der Waals surface area contributed by atoms with Gasteiger partial charge in [-0.25, -0.2) is 4.98 Å². The normalized spacial score (nSPS) is 13.9. The standard InChI is InChI=1S/C29H22Cl2N3OP/c30-24(21-11-3-1-4-12-21)19-36(35,20-25(31)22-13-5-2-6-14-22)34-26-16-8-7-15-23(26)29-32-27-17-9-10-18-28(27)33-29/h1-20H,(H,32,33)(H,34,35)/b24-19-,25-20+. The molecule has 0 aliphatic heterocycles.